The molecule has 0 aromatic carbocycles. The van der Waals surface area contributed by atoms with Crippen molar-refractivity contribution in [1.82, 2.24) is 5.32 Å². The number of hydrogen-bond acceptors (Lipinski definition) is 3. The maximum Gasteiger partial charge on any atom is 0.188 e. The third-order valence-electron chi connectivity index (χ3n) is 2.17. The summed E-state index contributed by atoms with van der Waals surface area (Å²) in [6, 6.07) is 0. The molecule has 0 aromatic rings. The van der Waals surface area contributed by atoms with Crippen LogP contribution in [0.15, 0.2) is 4.99 Å². The number of sulfone groups is 1. The van der Waals surface area contributed by atoms with Gasteiger partial charge in [-0.3, -0.25) is 4.99 Å². The molecule has 5 nitrogen and oxygen atoms in total. The van der Waals surface area contributed by atoms with E-state index in [-0.39, 0.29) is 11.5 Å². The minimum absolute atomic E-state index is 0.135. The van der Waals surface area contributed by atoms with Gasteiger partial charge < -0.3 is 11.1 Å². The van der Waals surface area contributed by atoms with Crippen molar-refractivity contribution in [2.45, 2.75) is 18.9 Å². The molecule has 1 heterocycles. The molecule has 6 heteroatoms. The summed E-state index contributed by atoms with van der Waals surface area (Å²) in [5.41, 5.74) is 5.03. The Balaban J connectivity index is 2.71. The van der Waals surface area contributed by atoms with Crippen molar-refractivity contribution in [3.8, 4) is 0 Å². The van der Waals surface area contributed by atoms with Crippen LogP contribution in [0.3, 0.4) is 0 Å². The third kappa shape index (κ3) is 2.58. The second-order valence-electron chi connectivity index (χ2n) is 3.64. The van der Waals surface area contributed by atoms with E-state index in [1.165, 1.54) is 0 Å². The van der Waals surface area contributed by atoms with Crippen molar-refractivity contribution in [3.63, 3.8) is 0 Å². The minimum Gasteiger partial charge on any atom is -0.370 e. The van der Waals surface area contributed by atoms with Crippen LogP contribution in [-0.4, -0.2) is 38.5 Å². The summed E-state index contributed by atoms with van der Waals surface area (Å²) in [4.78, 5) is 3.73. The van der Waals surface area contributed by atoms with Crippen LogP contribution >= 0.6 is 0 Å². The standard InChI is InChI=1S/C7H15N3O2S/c1-7(10-6(8)9-2)3-4-13(11,12)5-7/h3-5H2,1-2H3,(H3,8,9,10). The van der Waals surface area contributed by atoms with Crippen molar-refractivity contribution in [2.75, 3.05) is 18.6 Å². The first-order valence-electron chi connectivity index (χ1n) is 4.08. The first kappa shape index (κ1) is 10.3. The molecular weight excluding hydrogens is 190 g/mol. The molecule has 1 atom stereocenters. The van der Waals surface area contributed by atoms with Crippen LogP contribution in [0.5, 0.6) is 0 Å². The zero-order valence-electron chi connectivity index (χ0n) is 7.87. The summed E-state index contributed by atoms with van der Waals surface area (Å²) in [5, 5.41) is 2.91. The molecule has 1 unspecified atom stereocenters. The van der Waals surface area contributed by atoms with Crippen molar-refractivity contribution in [2.24, 2.45) is 10.7 Å². The van der Waals surface area contributed by atoms with Crippen LogP contribution in [0.4, 0.5) is 0 Å². The quantitative estimate of drug-likeness (QED) is 0.429. The second-order valence-corrected chi connectivity index (χ2v) is 5.82. The Morgan fingerprint density at radius 1 is 1.62 bits per heavy atom. The number of aliphatic imine (C=N–C) groups is 1. The lowest BCUT2D eigenvalue weighted by Crippen LogP contribution is -2.50. The van der Waals surface area contributed by atoms with Gasteiger partial charge in [-0.05, 0) is 13.3 Å². The van der Waals surface area contributed by atoms with Gasteiger partial charge in [-0.15, -0.1) is 0 Å². The molecule has 0 spiro atoms. The molecule has 1 fully saturated rings. The van der Waals surface area contributed by atoms with E-state index >= 15 is 0 Å². The monoisotopic (exact) mass is 205 g/mol. The maximum absolute atomic E-state index is 11.2. The summed E-state index contributed by atoms with van der Waals surface area (Å²) in [7, 11) is -1.32. The van der Waals surface area contributed by atoms with Gasteiger partial charge in [0.05, 0.1) is 17.0 Å². The van der Waals surface area contributed by atoms with Gasteiger partial charge in [0.15, 0.2) is 15.8 Å². The van der Waals surface area contributed by atoms with E-state index in [1.54, 1.807) is 7.05 Å². The number of nitrogens with one attached hydrogen (secondary N) is 1. The van der Waals surface area contributed by atoms with Crippen LogP contribution in [0.2, 0.25) is 0 Å². The first-order chi connectivity index (χ1) is 5.87. The number of hydrogen-bond donors (Lipinski definition) is 2. The molecule has 3 N–H and O–H groups in total. The van der Waals surface area contributed by atoms with Gasteiger partial charge in [-0.25, -0.2) is 8.42 Å². The van der Waals surface area contributed by atoms with E-state index < -0.39 is 15.4 Å². The Morgan fingerprint density at radius 2 is 2.23 bits per heavy atom. The predicted molar refractivity (Wildman–Crippen MR) is 52.4 cm³/mol. The fourth-order valence-corrected chi connectivity index (χ4v) is 3.57. The number of guanidine groups is 1. The molecule has 0 aliphatic carbocycles. The number of nitrogens with zero attached hydrogens (tertiary/aromatic N) is 1. The highest BCUT2D eigenvalue weighted by atomic mass is 32.2. The normalized spacial score (nSPS) is 33.2. The largest absolute Gasteiger partial charge is 0.370 e. The maximum atomic E-state index is 11.2. The third-order valence-corrected chi connectivity index (χ3v) is 4.08. The van der Waals surface area contributed by atoms with Crippen LogP contribution in [0.1, 0.15) is 13.3 Å². The van der Waals surface area contributed by atoms with E-state index in [2.05, 4.69) is 10.3 Å². The van der Waals surface area contributed by atoms with Crippen LogP contribution < -0.4 is 11.1 Å². The van der Waals surface area contributed by atoms with Crippen molar-refractivity contribution in [1.29, 1.82) is 0 Å². The van der Waals surface area contributed by atoms with Crippen LogP contribution in [0.25, 0.3) is 0 Å². The van der Waals surface area contributed by atoms with E-state index in [0.717, 1.165) is 0 Å². The van der Waals surface area contributed by atoms with Gasteiger partial charge in [-0.1, -0.05) is 0 Å². The van der Waals surface area contributed by atoms with Gasteiger partial charge in [0.25, 0.3) is 0 Å². The molecule has 1 saturated heterocycles. The molecule has 1 rings (SSSR count). The Kier molecular flexibility index (Phi) is 2.51. The molecule has 1 aliphatic heterocycles. The summed E-state index contributed by atoms with van der Waals surface area (Å²) in [6.07, 6.45) is 0.589. The summed E-state index contributed by atoms with van der Waals surface area (Å²) in [6.45, 7) is 1.84. The summed E-state index contributed by atoms with van der Waals surface area (Å²) < 4.78 is 22.4. The lowest BCUT2D eigenvalue weighted by atomic mass is 10.0. The number of rotatable bonds is 1. The topological polar surface area (TPSA) is 84.5 Å². The molecule has 0 amide bonds. The average molecular weight is 205 g/mol. The minimum atomic E-state index is -2.88. The predicted octanol–water partition coefficient (Wildman–Crippen LogP) is -0.902. The highest BCUT2D eigenvalue weighted by Gasteiger charge is 2.38. The smallest absolute Gasteiger partial charge is 0.188 e. The van der Waals surface area contributed by atoms with E-state index in [0.29, 0.717) is 12.4 Å². The van der Waals surface area contributed by atoms with Gasteiger partial charge in [-0.2, -0.15) is 0 Å². The molecule has 0 radical (unpaired) electrons. The molecule has 13 heavy (non-hydrogen) atoms. The Morgan fingerprint density at radius 3 is 2.62 bits per heavy atom. The lowest BCUT2D eigenvalue weighted by Gasteiger charge is -2.24. The Hall–Kier alpha value is -0.780. The van der Waals surface area contributed by atoms with Gasteiger partial charge in [0.1, 0.15) is 0 Å². The highest BCUT2D eigenvalue weighted by Crippen LogP contribution is 2.22. The Labute approximate surface area is 78.3 Å². The SMILES string of the molecule is CN=C(N)NC1(C)CCS(=O)(=O)C1. The van der Waals surface area contributed by atoms with Gasteiger partial charge in [0.2, 0.25) is 0 Å². The van der Waals surface area contributed by atoms with Crippen molar-refractivity contribution >= 4 is 15.8 Å². The highest BCUT2D eigenvalue weighted by molar-refractivity contribution is 7.91. The van der Waals surface area contributed by atoms with Gasteiger partial charge in [0, 0.05) is 7.05 Å². The number of nitrogens with two attached hydrogens (primary N) is 1. The van der Waals surface area contributed by atoms with Gasteiger partial charge >= 0.3 is 0 Å². The molecule has 0 bridgehead atoms. The molecule has 1 aliphatic rings. The molecule has 0 saturated carbocycles. The fourth-order valence-electron chi connectivity index (χ4n) is 1.47. The summed E-state index contributed by atoms with van der Waals surface area (Å²) >= 11 is 0. The fraction of sp³-hybridized carbons (Fsp3) is 0.857. The van der Waals surface area contributed by atoms with Crippen molar-refractivity contribution in [3.05, 3.63) is 0 Å². The molecular formula is C7H15N3O2S. The van der Waals surface area contributed by atoms with E-state index in [9.17, 15) is 8.42 Å². The van der Waals surface area contributed by atoms with Crippen molar-refractivity contribution < 1.29 is 8.42 Å². The van der Waals surface area contributed by atoms with Crippen LogP contribution in [-0.2, 0) is 9.84 Å². The van der Waals surface area contributed by atoms with E-state index in [4.69, 9.17) is 5.73 Å². The van der Waals surface area contributed by atoms with E-state index in [1.807, 2.05) is 6.92 Å². The van der Waals surface area contributed by atoms with Crippen LogP contribution in [0, 0.1) is 0 Å². The zero-order chi connectivity index (χ0) is 10.1. The lowest BCUT2D eigenvalue weighted by molar-refractivity contribution is 0.469. The second kappa shape index (κ2) is 3.17. The zero-order valence-corrected chi connectivity index (χ0v) is 8.69. The molecule has 0 aromatic heterocycles. The summed E-state index contributed by atoms with van der Waals surface area (Å²) in [5.74, 6) is 0.656. The first-order valence-corrected chi connectivity index (χ1v) is 5.90. The Bertz CT molecular complexity index is 323. The average Bonchev–Trinajstić information content (AvgIpc) is 2.25. The molecule has 76 valence electrons.